The zero-order valence-electron chi connectivity index (χ0n) is 8.11. The Morgan fingerprint density at radius 3 is 2.47 bits per heavy atom. The Hall–Kier alpha value is -0.810. The molecule has 0 aliphatic heterocycles. The predicted octanol–water partition coefficient (Wildman–Crippen LogP) is 3.60. The van der Waals surface area contributed by atoms with E-state index in [9.17, 15) is 18.0 Å². The molecule has 0 heterocycles. The maximum atomic E-state index is 12.7. The maximum absolute atomic E-state index is 12.7. The lowest BCUT2D eigenvalue weighted by Gasteiger charge is -2.13. The molecule has 0 fully saturated rings. The lowest BCUT2D eigenvalue weighted by atomic mass is 9.99. The topological polar surface area (TPSA) is 40.9 Å². The summed E-state index contributed by atoms with van der Waals surface area (Å²) in [6.07, 6.45) is -4.68. The van der Waals surface area contributed by atoms with E-state index in [1.165, 1.54) is 34.7 Å². The van der Waals surface area contributed by atoms with Crippen molar-refractivity contribution in [1.29, 1.82) is 5.26 Å². The smallest absolute Gasteiger partial charge is 0.293 e. The number of hydrogen-bond donors (Lipinski definition) is 0. The number of rotatable bonds is 2. The first kappa shape index (κ1) is 14.3. The Balaban J connectivity index is 3.61. The van der Waals surface area contributed by atoms with Gasteiger partial charge in [-0.15, -0.1) is 11.6 Å². The van der Waals surface area contributed by atoms with E-state index in [0.29, 0.717) is 0 Å². The SMILES string of the molecule is N#Cc1c(C(=O)CCl)ccc(I)c1C(F)(F)F. The molecule has 1 aromatic rings. The van der Waals surface area contributed by atoms with Gasteiger partial charge < -0.3 is 0 Å². The highest BCUT2D eigenvalue weighted by atomic mass is 127. The second-order valence-corrected chi connectivity index (χ2v) is 4.44. The van der Waals surface area contributed by atoms with Crippen molar-refractivity contribution in [2.45, 2.75) is 6.18 Å². The van der Waals surface area contributed by atoms with E-state index in [1.807, 2.05) is 0 Å². The van der Waals surface area contributed by atoms with Crippen LogP contribution in [0.15, 0.2) is 12.1 Å². The molecule has 1 rings (SSSR count). The molecule has 17 heavy (non-hydrogen) atoms. The molecule has 0 unspecified atom stereocenters. The van der Waals surface area contributed by atoms with Gasteiger partial charge >= 0.3 is 6.18 Å². The third kappa shape index (κ3) is 2.90. The largest absolute Gasteiger partial charge is 0.418 e. The van der Waals surface area contributed by atoms with Gasteiger partial charge in [0.25, 0.3) is 0 Å². The Kier molecular flexibility index (Phi) is 4.38. The van der Waals surface area contributed by atoms with Crippen molar-refractivity contribution in [3.8, 4) is 6.07 Å². The highest BCUT2D eigenvalue weighted by molar-refractivity contribution is 14.1. The lowest BCUT2D eigenvalue weighted by molar-refractivity contribution is -0.138. The van der Waals surface area contributed by atoms with Crippen molar-refractivity contribution in [3.05, 3.63) is 32.4 Å². The highest BCUT2D eigenvalue weighted by Crippen LogP contribution is 2.36. The van der Waals surface area contributed by atoms with Crippen LogP contribution in [-0.2, 0) is 6.18 Å². The van der Waals surface area contributed by atoms with E-state index in [1.54, 1.807) is 0 Å². The quantitative estimate of drug-likeness (QED) is 0.451. The van der Waals surface area contributed by atoms with Gasteiger partial charge in [-0.25, -0.2) is 0 Å². The zero-order chi connectivity index (χ0) is 13.2. The van der Waals surface area contributed by atoms with Gasteiger partial charge in [-0.3, -0.25) is 4.79 Å². The number of nitrogens with zero attached hydrogens (tertiary/aromatic N) is 1. The molecule has 0 saturated heterocycles. The number of alkyl halides is 4. The van der Waals surface area contributed by atoms with Crippen LogP contribution < -0.4 is 0 Å². The minimum absolute atomic E-state index is 0.127. The number of nitriles is 1. The molecule has 0 bridgehead atoms. The van der Waals surface area contributed by atoms with Gasteiger partial charge in [0.15, 0.2) is 5.78 Å². The van der Waals surface area contributed by atoms with Crippen LogP contribution >= 0.6 is 34.2 Å². The fourth-order valence-corrected chi connectivity index (χ4v) is 2.17. The van der Waals surface area contributed by atoms with Gasteiger partial charge in [0.1, 0.15) is 6.07 Å². The molecule has 0 saturated carbocycles. The minimum Gasteiger partial charge on any atom is -0.293 e. The lowest BCUT2D eigenvalue weighted by Crippen LogP contribution is -2.15. The molecule has 0 aliphatic rings. The van der Waals surface area contributed by atoms with Gasteiger partial charge in [-0.2, -0.15) is 18.4 Å². The van der Waals surface area contributed by atoms with Crippen LogP contribution in [0, 0.1) is 14.9 Å². The van der Waals surface area contributed by atoms with Crippen LogP contribution in [0.1, 0.15) is 21.5 Å². The molecular weight excluding hydrogens is 369 g/mol. The highest BCUT2D eigenvalue weighted by Gasteiger charge is 2.37. The summed E-state index contributed by atoms with van der Waals surface area (Å²) in [5, 5.41) is 8.78. The molecule has 1 aromatic carbocycles. The van der Waals surface area contributed by atoms with Crippen LogP contribution in [-0.4, -0.2) is 11.7 Å². The van der Waals surface area contributed by atoms with Crippen molar-refractivity contribution < 1.29 is 18.0 Å². The van der Waals surface area contributed by atoms with E-state index >= 15 is 0 Å². The van der Waals surface area contributed by atoms with Crippen LogP contribution in [0.3, 0.4) is 0 Å². The van der Waals surface area contributed by atoms with Crippen molar-refractivity contribution in [1.82, 2.24) is 0 Å². The summed E-state index contributed by atoms with van der Waals surface area (Å²) in [5.41, 5.74) is -2.05. The molecule has 7 heteroatoms. The molecule has 0 aromatic heterocycles. The Labute approximate surface area is 114 Å². The van der Waals surface area contributed by atoms with E-state index in [-0.39, 0.29) is 9.13 Å². The Morgan fingerprint density at radius 2 is 2.06 bits per heavy atom. The van der Waals surface area contributed by atoms with E-state index < -0.39 is 29.0 Å². The number of halogens is 5. The van der Waals surface area contributed by atoms with Gasteiger partial charge in [0.2, 0.25) is 0 Å². The molecule has 0 spiro atoms. The normalized spacial score (nSPS) is 11.1. The van der Waals surface area contributed by atoms with Gasteiger partial charge in [0.05, 0.1) is 17.0 Å². The molecule has 0 aliphatic carbocycles. The molecule has 0 radical (unpaired) electrons. The molecule has 0 atom stereocenters. The first-order valence-electron chi connectivity index (χ1n) is 4.22. The predicted molar refractivity (Wildman–Crippen MR) is 63.9 cm³/mol. The summed E-state index contributed by atoms with van der Waals surface area (Å²) in [4.78, 5) is 11.3. The Morgan fingerprint density at radius 1 is 1.47 bits per heavy atom. The van der Waals surface area contributed by atoms with Crippen LogP contribution in [0.2, 0.25) is 0 Å². The maximum Gasteiger partial charge on any atom is 0.418 e. The van der Waals surface area contributed by atoms with Gasteiger partial charge in [-0.1, -0.05) is 0 Å². The first-order valence-corrected chi connectivity index (χ1v) is 5.83. The van der Waals surface area contributed by atoms with Crippen molar-refractivity contribution >= 4 is 40.0 Å². The number of benzene rings is 1. The fourth-order valence-electron chi connectivity index (χ4n) is 1.27. The van der Waals surface area contributed by atoms with Crippen molar-refractivity contribution in [2.75, 3.05) is 5.88 Å². The van der Waals surface area contributed by atoms with E-state index in [4.69, 9.17) is 16.9 Å². The molecule has 0 amide bonds. The average molecular weight is 373 g/mol. The molecule has 90 valence electrons. The molecule has 2 nitrogen and oxygen atoms in total. The number of Topliss-reactive ketones (excluding diaryl/α,β-unsaturated/α-hetero) is 1. The van der Waals surface area contributed by atoms with Crippen molar-refractivity contribution in [3.63, 3.8) is 0 Å². The molecule has 0 N–H and O–H groups in total. The summed E-state index contributed by atoms with van der Waals surface area (Å²) in [6.45, 7) is 0. The fraction of sp³-hybridized carbons (Fsp3) is 0.200. The second-order valence-electron chi connectivity index (χ2n) is 3.01. The summed E-state index contributed by atoms with van der Waals surface area (Å²) >= 11 is 6.75. The van der Waals surface area contributed by atoms with Gasteiger partial charge in [-0.05, 0) is 34.7 Å². The third-order valence-corrected chi connectivity index (χ3v) is 3.11. The van der Waals surface area contributed by atoms with Gasteiger partial charge in [0, 0.05) is 9.13 Å². The number of ketones is 1. The monoisotopic (exact) mass is 373 g/mol. The summed E-state index contributed by atoms with van der Waals surface area (Å²) in [7, 11) is 0. The zero-order valence-corrected chi connectivity index (χ0v) is 11.0. The second kappa shape index (κ2) is 5.23. The van der Waals surface area contributed by atoms with Crippen LogP contribution in [0.4, 0.5) is 13.2 Å². The average Bonchev–Trinajstić information content (AvgIpc) is 2.25. The summed E-state index contributed by atoms with van der Waals surface area (Å²) in [5.74, 6) is -1.17. The number of hydrogen-bond acceptors (Lipinski definition) is 2. The van der Waals surface area contributed by atoms with Crippen LogP contribution in [0.25, 0.3) is 0 Å². The first-order chi connectivity index (χ1) is 7.82. The summed E-state index contributed by atoms with van der Waals surface area (Å²) in [6, 6.07) is 3.75. The molecular formula is C10H4ClF3INO. The standard InChI is InChI=1S/C10H4ClF3INO/c11-3-8(17)5-1-2-7(15)9(6(5)4-16)10(12,13)14/h1-2H,3H2. The van der Waals surface area contributed by atoms with Crippen LogP contribution in [0.5, 0.6) is 0 Å². The Bertz CT molecular complexity index is 507. The number of carbonyl (C=O) groups excluding carboxylic acids is 1. The minimum atomic E-state index is -4.68. The van der Waals surface area contributed by atoms with E-state index in [2.05, 4.69) is 0 Å². The third-order valence-electron chi connectivity index (χ3n) is 1.97. The van der Waals surface area contributed by atoms with E-state index in [0.717, 1.165) is 6.07 Å². The van der Waals surface area contributed by atoms with Crippen molar-refractivity contribution in [2.24, 2.45) is 0 Å². The number of carbonyl (C=O) groups is 1. The summed E-state index contributed by atoms with van der Waals surface area (Å²) < 4.78 is 38.1.